The molecular formula is C24H20BrN. The van der Waals surface area contributed by atoms with Gasteiger partial charge < -0.3 is 4.90 Å². The number of anilines is 2. The van der Waals surface area contributed by atoms with Crippen LogP contribution in [0.2, 0.25) is 0 Å². The van der Waals surface area contributed by atoms with E-state index in [1.807, 2.05) is 0 Å². The van der Waals surface area contributed by atoms with Crippen molar-refractivity contribution in [2.24, 2.45) is 0 Å². The normalized spacial score (nSPS) is 13.7. The van der Waals surface area contributed by atoms with Crippen LogP contribution in [-0.4, -0.2) is 0 Å². The van der Waals surface area contributed by atoms with Gasteiger partial charge in [0.05, 0.1) is 0 Å². The summed E-state index contributed by atoms with van der Waals surface area (Å²) < 4.78 is 1.10. The van der Waals surface area contributed by atoms with Crippen molar-refractivity contribution >= 4 is 32.9 Å². The van der Waals surface area contributed by atoms with E-state index in [0.29, 0.717) is 0 Å². The molecule has 1 nitrogen and oxygen atoms in total. The Morgan fingerprint density at radius 2 is 1.23 bits per heavy atom. The van der Waals surface area contributed by atoms with Gasteiger partial charge >= 0.3 is 0 Å². The van der Waals surface area contributed by atoms with Gasteiger partial charge in [0.2, 0.25) is 0 Å². The van der Waals surface area contributed by atoms with Gasteiger partial charge in [0.25, 0.3) is 0 Å². The Kier molecular flexibility index (Phi) is 5.03. The molecule has 0 saturated heterocycles. The molecule has 1 aliphatic rings. The van der Waals surface area contributed by atoms with Crippen LogP contribution in [0.25, 0.3) is 5.57 Å². The van der Waals surface area contributed by atoms with E-state index >= 15 is 0 Å². The van der Waals surface area contributed by atoms with Gasteiger partial charge in [0.1, 0.15) is 0 Å². The molecule has 3 aromatic rings. The summed E-state index contributed by atoms with van der Waals surface area (Å²) in [6.07, 6.45) is 6.60. The zero-order valence-electron chi connectivity index (χ0n) is 14.5. The van der Waals surface area contributed by atoms with E-state index in [-0.39, 0.29) is 0 Å². The van der Waals surface area contributed by atoms with Gasteiger partial charge in [-0.3, -0.25) is 0 Å². The number of hydrogen-bond donors (Lipinski definition) is 0. The third-order valence-corrected chi connectivity index (χ3v) is 5.19. The third-order valence-electron chi connectivity index (χ3n) is 4.66. The number of hydrogen-bond acceptors (Lipinski definition) is 1. The predicted molar refractivity (Wildman–Crippen MR) is 114 cm³/mol. The third kappa shape index (κ3) is 3.66. The van der Waals surface area contributed by atoms with Crippen molar-refractivity contribution in [3.8, 4) is 0 Å². The fourth-order valence-corrected chi connectivity index (χ4v) is 3.62. The van der Waals surface area contributed by atoms with Crippen molar-refractivity contribution < 1.29 is 0 Å². The Hall–Kier alpha value is -2.58. The molecular weight excluding hydrogens is 382 g/mol. The van der Waals surface area contributed by atoms with E-state index in [4.69, 9.17) is 0 Å². The summed E-state index contributed by atoms with van der Waals surface area (Å²) in [5.41, 5.74) is 6.41. The Morgan fingerprint density at radius 1 is 0.615 bits per heavy atom. The number of para-hydroxylation sites is 1. The molecule has 3 aromatic carbocycles. The van der Waals surface area contributed by atoms with Gasteiger partial charge in [0, 0.05) is 21.5 Å². The molecule has 0 aliphatic heterocycles. The molecule has 2 heteroatoms. The van der Waals surface area contributed by atoms with Crippen LogP contribution in [0, 0.1) is 0 Å². The van der Waals surface area contributed by atoms with Crippen LogP contribution in [-0.2, 0) is 0 Å². The van der Waals surface area contributed by atoms with E-state index in [9.17, 15) is 0 Å². The Labute approximate surface area is 163 Å². The van der Waals surface area contributed by atoms with E-state index < -0.39 is 0 Å². The van der Waals surface area contributed by atoms with Gasteiger partial charge in [-0.25, -0.2) is 0 Å². The number of nitrogens with zero attached hydrogens (tertiary/aromatic N) is 1. The quantitative estimate of drug-likeness (QED) is 0.441. The molecule has 0 heterocycles. The van der Waals surface area contributed by atoms with Crippen molar-refractivity contribution in [3.63, 3.8) is 0 Å². The smallest absolute Gasteiger partial charge is 0.0459 e. The molecule has 0 fully saturated rings. The fraction of sp³-hybridized carbons (Fsp3) is 0.0833. The predicted octanol–water partition coefficient (Wildman–Crippen LogP) is 7.35. The average molecular weight is 402 g/mol. The number of allylic oxidation sites excluding steroid dienone is 4. The van der Waals surface area contributed by atoms with Gasteiger partial charge in [-0.15, -0.1) is 0 Å². The largest absolute Gasteiger partial charge is 0.314 e. The molecule has 1 aliphatic carbocycles. The molecule has 0 saturated carbocycles. The summed E-state index contributed by atoms with van der Waals surface area (Å²) in [5.74, 6) is 0. The van der Waals surface area contributed by atoms with Crippen LogP contribution in [0.15, 0.2) is 107 Å². The lowest BCUT2D eigenvalue weighted by Gasteiger charge is -2.30. The topological polar surface area (TPSA) is 3.24 Å². The molecule has 0 atom stereocenters. The van der Waals surface area contributed by atoms with Gasteiger partial charge in [-0.2, -0.15) is 0 Å². The van der Waals surface area contributed by atoms with Crippen molar-refractivity contribution in [1.82, 2.24) is 0 Å². The number of rotatable bonds is 4. The molecule has 0 N–H and O–H groups in total. The summed E-state index contributed by atoms with van der Waals surface area (Å²) in [4.78, 5) is 2.35. The van der Waals surface area contributed by atoms with Crippen molar-refractivity contribution in [1.29, 1.82) is 0 Å². The maximum absolute atomic E-state index is 3.54. The van der Waals surface area contributed by atoms with Crippen LogP contribution in [0.3, 0.4) is 0 Å². The maximum Gasteiger partial charge on any atom is 0.0459 e. The molecule has 0 aromatic heterocycles. The molecule has 128 valence electrons. The van der Waals surface area contributed by atoms with Gasteiger partial charge in [-0.05, 0) is 66.5 Å². The van der Waals surface area contributed by atoms with E-state index in [2.05, 4.69) is 118 Å². The first-order valence-electron chi connectivity index (χ1n) is 8.87. The Balaban J connectivity index is 1.72. The first-order valence-corrected chi connectivity index (χ1v) is 9.66. The summed E-state index contributed by atoms with van der Waals surface area (Å²) in [5, 5.41) is 0. The van der Waals surface area contributed by atoms with Crippen molar-refractivity contribution in [2.45, 2.75) is 12.8 Å². The minimum atomic E-state index is 1.02. The fourth-order valence-electron chi connectivity index (χ4n) is 3.35. The standard InChI is InChI=1S/C24H20BrN/c25-21-13-17-24(18-14-21)26(22-9-5-2-6-10-22)23-15-11-20(12-16-23)19-7-3-1-4-8-19/h1-11,13-15,17-18H,12,16H2. The molecule has 0 amide bonds. The molecule has 0 radical (unpaired) electrons. The van der Waals surface area contributed by atoms with Crippen LogP contribution in [0.5, 0.6) is 0 Å². The molecule has 0 spiro atoms. The minimum Gasteiger partial charge on any atom is -0.314 e. The Bertz CT molecular complexity index is 925. The van der Waals surface area contributed by atoms with Crippen LogP contribution in [0.4, 0.5) is 11.4 Å². The zero-order chi connectivity index (χ0) is 17.8. The maximum atomic E-state index is 3.54. The van der Waals surface area contributed by atoms with E-state index in [1.165, 1.54) is 28.2 Å². The zero-order valence-corrected chi connectivity index (χ0v) is 16.1. The van der Waals surface area contributed by atoms with Crippen molar-refractivity contribution in [2.75, 3.05) is 4.90 Å². The lowest BCUT2D eigenvalue weighted by molar-refractivity contribution is 0.930. The first-order chi connectivity index (χ1) is 12.8. The summed E-state index contributed by atoms with van der Waals surface area (Å²) in [7, 11) is 0. The van der Waals surface area contributed by atoms with Crippen LogP contribution < -0.4 is 4.90 Å². The number of benzene rings is 3. The highest BCUT2D eigenvalue weighted by Gasteiger charge is 2.17. The van der Waals surface area contributed by atoms with Crippen LogP contribution >= 0.6 is 15.9 Å². The molecule has 0 bridgehead atoms. The Morgan fingerprint density at radius 3 is 1.85 bits per heavy atom. The van der Waals surface area contributed by atoms with Crippen molar-refractivity contribution in [3.05, 3.63) is 113 Å². The first kappa shape index (κ1) is 16.9. The van der Waals surface area contributed by atoms with Gasteiger partial charge in [0.15, 0.2) is 0 Å². The lowest BCUT2D eigenvalue weighted by atomic mass is 9.95. The highest BCUT2D eigenvalue weighted by molar-refractivity contribution is 9.10. The summed E-state index contributed by atoms with van der Waals surface area (Å²) in [6.45, 7) is 0. The monoisotopic (exact) mass is 401 g/mol. The number of halogens is 1. The summed E-state index contributed by atoms with van der Waals surface area (Å²) >= 11 is 3.54. The van der Waals surface area contributed by atoms with E-state index in [1.54, 1.807) is 0 Å². The second-order valence-corrected chi connectivity index (χ2v) is 7.28. The van der Waals surface area contributed by atoms with Gasteiger partial charge in [-0.1, -0.05) is 70.5 Å². The lowest BCUT2D eigenvalue weighted by Crippen LogP contribution is -2.17. The molecule has 26 heavy (non-hydrogen) atoms. The average Bonchev–Trinajstić information content (AvgIpc) is 2.72. The van der Waals surface area contributed by atoms with E-state index in [0.717, 1.165) is 17.3 Å². The second kappa shape index (κ2) is 7.76. The SMILES string of the molecule is Brc1ccc(N(C2=CC=C(c3ccccc3)CC2)c2ccccc2)cc1. The highest BCUT2D eigenvalue weighted by atomic mass is 79.9. The van der Waals surface area contributed by atoms with Crippen LogP contribution in [0.1, 0.15) is 18.4 Å². The summed E-state index contributed by atoms with van der Waals surface area (Å²) in [6, 6.07) is 29.8. The highest BCUT2D eigenvalue weighted by Crippen LogP contribution is 2.36. The minimum absolute atomic E-state index is 1.02. The second-order valence-electron chi connectivity index (χ2n) is 6.36. The molecule has 0 unspecified atom stereocenters. The molecule has 4 rings (SSSR count).